The Balaban J connectivity index is 1.61. The van der Waals surface area contributed by atoms with Crippen LogP contribution in [0, 0.1) is 5.82 Å². The molecule has 2 heterocycles. The SMILES string of the molecule is CC(=O)NCC(O)CN(CC1CN(c2ccc(N3CCOCC3)c(F)c2)C(=O)O1)C(C)=O. The zero-order valence-electron chi connectivity index (χ0n) is 18.3. The number of hydrogen-bond donors (Lipinski definition) is 2. The number of hydrogen-bond acceptors (Lipinski definition) is 7. The van der Waals surface area contributed by atoms with Gasteiger partial charge in [0, 0.05) is 40.0 Å². The van der Waals surface area contributed by atoms with Crippen LogP contribution >= 0.6 is 0 Å². The number of amides is 3. The van der Waals surface area contributed by atoms with Gasteiger partial charge in [0.15, 0.2) is 0 Å². The third-order valence-corrected chi connectivity index (χ3v) is 5.36. The Morgan fingerprint density at radius 3 is 2.66 bits per heavy atom. The lowest BCUT2D eigenvalue weighted by atomic mass is 10.2. The van der Waals surface area contributed by atoms with E-state index in [1.165, 1.54) is 29.7 Å². The first-order chi connectivity index (χ1) is 15.2. The standard InChI is InChI=1S/C21H29FN4O6/c1-14(27)23-10-17(29)11-25(15(2)28)12-18-13-26(21(30)32-18)16-3-4-20(19(22)9-16)24-5-7-31-8-6-24/h3-4,9,17-18,29H,5-8,10-13H2,1-2H3,(H,23,27). The number of ether oxygens (including phenoxy) is 2. The lowest BCUT2D eigenvalue weighted by Gasteiger charge is -2.29. The van der Waals surface area contributed by atoms with Crippen molar-refractivity contribution >= 4 is 29.3 Å². The Hall–Kier alpha value is -2.92. The summed E-state index contributed by atoms with van der Waals surface area (Å²) in [6.07, 6.45) is -2.23. The van der Waals surface area contributed by atoms with E-state index in [-0.39, 0.29) is 38.0 Å². The number of nitrogens with one attached hydrogen (secondary N) is 1. The monoisotopic (exact) mass is 452 g/mol. The lowest BCUT2D eigenvalue weighted by Crippen LogP contribution is -2.45. The van der Waals surface area contributed by atoms with Gasteiger partial charge in [-0.2, -0.15) is 0 Å². The number of morpholine rings is 1. The molecule has 11 heteroatoms. The predicted octanol–water partition coefficient (Wildman–Crippen LogP) is 0.333. The van der Waals surface area contributed by atoms with Crippen LogP contribution in [-0.4, -0.2) is 92.6 Å². The molecule has 0 radical (unpaired) electrons. The first-order valence-electron chi connectivity index (χ1n) is 10.5. The average molecular weight is 452 g/mol. The molecule has 0 aliphatic carbocycles. The van der Waals surface area contributed by atoms with Gasteiger partial charge in [0.2, 0.25) is 11.8 Å². The molecule has 2 N–H and O–H groups in total. The summed E-state index contributed by atoms with van der Waals surface area (Å²) in [6.45, 7) is 5.14. The largest absolute Gasteiger partial charge is 0.442 e. The molecule has 0 bridgehead atoms. The van der Waals surface area contributed by atoms with Gasteiger partial charge in [-0.3, -0.25) is 14.5 Å². The van der Waals surface area contributed by atoms with Crippen LogP contribution in [-0.2, 0) is 19.1 Å². The van der Waals surface area contributed by atoms with Crippen molar-refractivity contribution in [2.75, 3.05) is 62.3 Å². The highest BCUT2D eigenvalue weighted by Gasteiger charge is 2.35. The van der Waals surface area contributed by atoms with E-state index < -0.39 is 24.1 Å². The third-order valence-electron chi connectivity index (χ3n) is 5.36. The van der Waals surface area contributed by atoms with Gasteiger partial charge < -0.3 is 29.7 Å². The number of rotatable bonds is 8. The number of cyclic esters (lactones) is 1. The fourth-order valence-corrected chi connectivity index (χ4v) is 3.71. The molecule has 1 aromatic carbocycles. The lowest BCUT2D eigenvalue weighted by molar-refractivity contribution is -0.131. The Morgan fingerprint density at radius 1 is 1.31 bits per heavy atom. The Bertz CT molecular complexity index is 848. The second-order valence-corrected chi connectivity index (χ2v) is 7.87. The molecule has 2 fully saturated rings. The molecule has 32 heavy (non-hydrogen) atoms. The Morgan fingerprint density at radius 2 is 2.03 bits per heavy atom. The fourth-order valence-electron chi connectivity index (χ4n) is 3.71. The molecule has 2 aliphatic heterocycles. The molecule has 176 valence electrons. The van der Waals surface area contributed by atoms with E-state index in [1.807, 2.05) is 4.90 Å². The molecule has 10 nitrogen and oxygen atoms in total. The Kier molecular flexibility index (Phi) is 7.86. The number of anilines is 2. The van der Waals surface area contributed by atoms with Crippen molar-refractivity contribution in [3.63, 3.8) is 0 Å². The van der Waals surface area contributed by atoms with Crippen LogP contribution in [0.15, 0.2) is 18.2 Å². The maximum Gasteiger partial charge on any atom is 0.414 e. The first kappa shape index (κ1) is 23.7. The van der Waals surface area contributed by atoms with E-state index in [1.54, 1.807) is 12.1 Å². The van der Waals surface area contributed by atoms with Gasteiger partial charge in [0.1, 0.15) is 11.9 Å². The van der Waals surface area contributed by atoms with E-state index in [2.05, 4.69) is 5.32 Å². The van der Waals surface area contributed by atoms with Crippen molar-refractivity contribution in [3.05, 3.63) is 24.0 Å². The van der Waals surface area contributed by atoms with Crippen LogP contribution < -0.4 is 15.1 Å². The van der Waals surface area contributed by atoms with Gasteiger partial charge in [-0.15, -0.1) is 0 Å². The number of aliphatic hydroxyl groups is 1. The van der Waals surface area contributed by atoms with Crippen LogP contribution in [0.2, 0.25) is 0 Å². The van der Waals surface area contributed by atoms with Crippen molar-refractivity contribution in [1.29, 1.82) is 0 Å². The van der Waals surface area contributed by atoms with Crippen LogP contribution in [0.5, 0.6) is 0 Å². The van der Waals surface area contributed by atoms with Crippen molar-refractivity contribution in [1.82, 2.24) is 10.2 Å². The second kappa shape index (κ2) is 10.6. The normalized spacial score (nSPS) is 19.5. The topological polar surface area (TPSA) is 112 Å². The number of nitrogens with zero attached hydrogens (tertiary/aromatic N) is 3. The number of benzene rings is 1. The molecule has 0 spiro atoms. The maximum absolute atomic E-state index is 14.7. The van der Waals surface area contributed by atoms with Crippen molar-refractivity contribution in [2.24, 2.45) is 0 Å². The van der Waals surface area contributed by atoms with Gasteiger partial charge in [0.25, 0.3) is 0 Å². The predicted molar refractivity (Wildman–Crippen MR) is 114 cm³/mol. The summed E-state index contributed by atoms with van der Waals surface area (Å²) in [6, 6.07) is 4.60. The van der Waals surface area contributed by atoms with Crippen molar-refractivity contribution in [3.8, 4) is 0 Å². The summed E-state index contributed by atoms with van der Waals surface area (Å²) >= 11 is 0. The molecule has 1 aromatic rings. The minimum atomic E-state index is -0.960. The fraction of sp³-hybridized carbons (Fsp3) is 0.571. The zero-order chi connectivity index (χ0) is 23.3. The van der Waals surface area contributed by atoms with Crippen LogP contribution in [0.3, 0.4) is 0 Å². The summed E-state index contributed by atoms with van der Waals surface area (Å²) in [7, 11) is 0. The highest BCUT2D eigenvalue weighted by atomic mass is 19.1. The van der Waals surface area contributed by atoms with Crippen LogP contribution in [0.1, 0.15) is 13.8 Å². The first-order valence-corrected chi connectivity index (χ1v) is 10.5. The highest BCUT2D eigenvalue weighted by molar-refractivity contribution is 5.90. The molecule has 3 rings (SSSR count). The highest BCUT2D eigenvalue weighted by Crippen LogP contribution is 2.28. The van der Waals surface area contributed by atoms with E-state index in [0.29, 0.717) is 37.7 Å². The number of carbonyl (C=O) groups is 3. The molecule has 2 unspecified atom stereocenters. The van der Waals surface area contributed by atoms with Gasteiger partial charge in [-0.05, 0) is 18.2 Å². The molecular formula is C21H29FN4O6. The molecule has 2 aliphatic rings. The number of carbonyl (C=O) groups excluding carboxylic acids is 3. The van der Waals surface area contributed by atoms with Gasteiger partial charge in [-0.1, -0.05) is 0 Å². The van der Waals surface area contributed by atoms with E-state index in [9.17, 15) is 23.9 Å². The molecule has 2 atom stereocenters. The van der Waals surface area contributed by atoms with Crippen molar-refractivity contribution in [2.45, 2.75) is 26.1 Å². The van der Waals surface area contributed by atoms with Crippen LogP contribution in [0.25, 0.3) is 0 Å². The van der Waals surface area contributed by atoms with Gasteiger partial charge in [0.05, 0.1) is 43.8 Å². The summed E-state index contributed by atoms with van der Waals surface area (Å²) in [5.41, 5.74) is 0.823. The number of halogens is 1. The van der Waals surface area contributed by atoms with Crippen LogP contribution in [0.4, 0.5) is 20.6 Å². The molecule has 0 aromatic heterocycles. The molecular weight excluding hydrogens is 423 g/mol. The van der Waals surface area contributed by atoms with Gasteiger partial charge in [-0.25, -0.2) is 9.18 Å². The zero-order valence-corrected chi connectivity index (χ0v) is 18.3. The number of aliphatic hydroxyl groups excluding tert-OH is 1. The summed E-state index contributed by atoms with van der Waals surface area (Å²) in [5, 5.41) is 12.5. The molecule has 3 amide bonds. The summed E-state index contributed by atoms with van der Waals surface area (Å²) in [5.74, 6) is -1.03. The third kappa shape index (κ3) is 6.07. The second-order valence-electron chi connectivity index (χ2n) is 7.87. The molecule has 2 saturated heterocycles. The molecule has 0 saturated carbocycles. The average Bonchev–Trinajstić information content (AvgIpc) is 3.12. The van der Waals surface area contributed by atoms with E-state index in [0.717, 1.165) is 0 Å². The van der Waals surface area contributed by atoms with Gasteiger partial charge >= 0.3 is 6.09 Å². The quantitative estimate of drug-likeness (QED) is 0.585. The smallest absolute Gasteiger partial charge is 0.414 e. The minimum absolute atomic E-state index is 0.00443. The minimum Gasteiger partial charge on any atom is -0.442 e. The van der Waals surface area contributed by atoms with E-state index >= 15 is 0 Å². The Labute approximate surface area is 185 Å². The summed E-state index contributed by atoms with van der Waals surface area (Å²) in [4.78, 5) is 39.9. The van der Waals surface area contributed by atoms with Crippen molar-refractivity contribution < 1.29 is 33.4 Å². The summed E-state index contributed by atoms with van der Waals surface area (Å²) < 4.78 is 25.4. The maximum atomic E-state index is 14.7. The van der Waals surface area contributed by atoms with E-state index in [4.69, 9.17) is 9.47 Å².